The van der Waals surface area contributed by atoms with Crippen molar-refractivity contribution in [3.63, 3.8) is 0 Å². The van der Waals surface area contributed by atoms with E-state index < -0.39 is 71.5 Å². The van der Waals surface area contributed by atoms with E-state index in [0.717, 1.165) is 5.56 Å². The number of carbonyl (C=O) groups excluding carboxylic acids is 3. The molecular weight excluding hydrogens is 600 g/mol. The molecule has 0 unspecified atom stereocenters. The lowest BCUT2D eigenvalue weighted by Crippen LogP contribution is -2.65. The molecular formula is C32H44N4O10. The zero-order valence-electron chi connectivity index (χ0n) is 27.3. The highest BCUT2D eigenvalue weighted by molar-refractivity contribution is 5.67. The molecule has 0 amide bonds. The minimum Gasteiger partial charge on any atom is -0.465 e. The number of nitrogens with zero attached hydrogens (tertiary/aromatic N) is 4. The molecule has 14 nitrogen and oxygen atoms in total. The Kier molecular flexibility index (Phi) is 9.85. The van der Waals surface area contributed by atoms with Gasteiger partial charge in [0, 0.05) is 33.2 Å². The first-order valence-electron chi connectivity index (χ1n) is 15.5. The molecule has 1 aromatic carbocycles. The van der Waals surface area contributed by atoms with Crippen LogP contribution in [0.5, 0.6) is 0 Å². The van der Waals surface area contributed by atoms with Gasteiger partial charge in [-0.25, -0.2) is 4.68 Å². The second-order valence-corrected chi connectivity index (χ2v) is 13.2. The number of benzene rings is 1. The van der Waals surface area contributed by atoms with Crippen molar-refractivity contribution in [3.8, 4) is 0 Å². The number of rotatable bonds is 9. The average Bonchev–Trinajstić information content (AvgIpc) is 3.43. The van der Waals surface area contributed by atoms with E-state index in [0.29, 0.717) is 12.2 Å². The van der Waals surface area contributed by atoms with Crippen molar-refractivity contribution in [2.45, 2.75) is 103 Å². The van der Waals surface area contributed by atoms with Gasteiger partial charge in [-0.2, -0.15) is 5.06 Å². The molecule has 2 bridgehead atoms. The quantitative estimate of drug-likeness (QED) is 0.313. The van der Waals surface area contributed by atoms with Crippen molar-refractivity contribution in [2.75, 3.05) is 19.8 Å². The Morgan fingerprint density at radius 2 is 1.61 bits per heavy atom. The molecule has 8 atom stereocenters. The fourth-order valence-corrected chi connectivity index (χ4v) is 6.80. The highest BCUT2D eigenvalue weighted by Crippen LogP contribution is 2.47. The number of aromatic nitrogens is 3. The lowest BCUT2D eigenvalue weighted by molar-refractivity contribution is -0.350. The van der Waals surface area contributed by atoms with Crippen LogP contribution in [0, 0.1) is 11.8 Å². The summed E-state index contributed by atoms with van der Waals surface area (Å²) in [4.78, 5) is 42.3. The molecule has 0 saturated carbocycles. The molecule has 14 heteroatoms. The third kappa shape index (κ3) is 7.10. The molecule has 0 radical (unpaired) electrons. The molecule has 0 aliphatic carbocycles. The molecule has 3 saturated heterocycles. The summed E-state index contributed by atoms with van der Waals surface area (Å²) in [5, 5.41) is 22.3. The second kappa shape index (κ2) is 13.4. The van der Waals surface area contributed by atoms with Crippen LogP contribution in [0.25, 0.3) is 0 Å². The Morgan fingerprint density at radius 3 is 2.26 bits per heavy atom. The van der Waals surface area contributed by atoms with E-state index in [2.05, 4.69) is 10.3 Å². The number of hydrogen-bond acceptors (Lipinski definition) is 13. The number of aliphatic hydroxyl groups excluding tert-OH is 1. The number of aliphatic hydroxyl groups is 1. The molecule has 5 rings (SSSR count). The lowest BCUT2D eigenvalue weighted by atomic mass is 9.77. The zero-order chi connectivity index (χ0) is 33.4. The van der Waals surface area contributed by atoms with Crippen LogP contribution in [0.3, 0.4) is 0 Å². The maximum absolute atomic E-state index is 12.5. The minimum atomic E-state index is -0.965. The van der Waals surface area contributed by atoms with Crippen molar-refractivity contribution in [2.24, 2.45) is 11.8 Å². The molecule has 252 valence electrons. The number of carbonyl (C=O) groups is 3. The van der Waals surface area contributed by atoms with Crippen molar-refractivity contribution >= 4 is 17.9 Å². The van der Waals surface area contributed by atoms with Gasteiger partial charge in [-0.15, -0.1) is 5.10 Å². The second-order valence-electron chi connectivity index (χ2n) is 13.2. The third-order valence-corrected chi connectivity index (χ3v) is 9.14. The van der Waals surface area contributed by atoms with Gasteiger partial charge in [0.05, 0.1) is 42.1 Å². The normalized spacial score (nSPS) is 31.9. The van der Waals surface area contributed by atoms with Gasteiger partial charge < -0.3 is 28.8 Å². The van der Waals surface area contributed by atoms with Crippen LogP contribution in [-0.4, -0.2) is 98.4 Å². The molecule has 4 heterocycles. The first kappa shape index (κ1) is 33.9. The number of esters is 3. The number of fused-ring (bicyclic) bond motifs is 2. The van der Waals surface area contributed by atoms with E-state index in [1.165, 1.54) is 25.5 Å². The number of hydroxylamine groups is 2. The smallest absolute Gasteiger partial charge is 0.302 e. The molecule has 1 N–H and O–H groups in total. The first-order chi connectivity index (χ1) is 21.7. The van der Waals surface area contributed by atoms with Gasteiger partial charge in [-0.3, -0.25) is 19.2 Å². The summed E-state index contributed by atoms with van der Waals surface area (Å²) in [6.07, 6.45) is -1.63. The highest BCUT2D eigenvalue weighted by atomic mass is 16.7. The van der Waals surface area contributed by atoms with E-state index in [1.807, 2.05) is 44.2 Å². The molecule has 3 aliphatic heterocycles. The van der Waals surface area contributed by atoms with E-state index in [4.69, 9.17) is 28.5 Å². The van der Waals surface area contributed by atoms with Crippen LogP contribution in [-0.2, 0) is 49.5 Å². The summed E-state index contributed by atoms with van der Waals surface area (Å²) in [7, 11) is 0. The van der Waals surface area contributed by atoms with Gasteiger partial charge in [0.1, 0.15) is 43.3 Å². The summed E-state index contributed by atoms with van der Waals surface area (Å²) in [6.45, 7) is 11.7. The zero-order valence-corrected chi connectivity index (χ0v) is 27.3. The van der Waals surface area contributed by atoms with Crippen molar-refractivity contribution in [3.05, 3.63) is 47.8 Å². The van der Waals surface area contributed by atoms with Crippen molar-refractivity contribution in [1.29, 1.82) is 0 Å². The van der Waals surface area contributed by atoms with Gasteiger partial charge in [-0.05, 0) is 33.3 Å². The van der Waals surface area contributed by atoms with Crippen molar-refractivity contribution in [1.82, 2.24) is 20.1 Å². The fourth-order valence-electron chi connectivity index (χ4n) is 6.80. The van der Waals surface area contributed by atoms with Gasteiger partial charge in [0.25, 0.3) is 0 Å². The number of hydrogen-bond donors (Lipinski definition) is 1. The third-order valence-electron chi connectivity index (χ3n) is 9.14. The first-order valence-corrected chi connectivity index (χ1v) is 15.5. The SMILES string of the molecule is CC(=O)OC[C@H]1OC(C)(C)[C@@H](COC(C)=O)[C@H](OC(C)=O)[C@H]1n1cc([C@H]2OC(C)(C)[C@H]3CON(Cc4ccccc4)[C@@H]2[C@H]3O)nn1. The Hall–Kier alpha value is -3.43. The van der Waals surface area contributed by atoms with E-state index >= 15 is 0 Å². The standard InChI is InChI=1S/C32H44N4O10/c1-18(37)41-15-23-29(44-20(3)39)26(25(17-42-19(2)38)45-32(23,6)7)35-14-24(33-34-35)30-27-28(40)22(31(4,5)46-30)16-43-36(27)13-21-11-9-8-10-12-21/h8-12,14,22-23,25-30,40H,13,15-17H2,1-7H3/t22-,23-,25+,26-,27+,28-,29-,30+/m0/s1. The molecule has 3 aliphatic rings. The van der Waals surface area contributed by atoms with Crippen LogP contribution in [0.1, 0.15) is 71.9 Å². The average molecular weight is 645 g/mol. The Morgan fingerprint density at radius 1 is 0.935 bits per heavy atom. The Balaban J connectivity index is 1.52. The maximum Gasteiger partial charge on any atom is 0.302 e. The van der Waals surface area contributed by atoms with Crippen molar-refractivity contribution < 1.29 is 48.0 Å². The molecule has 46 heavy (non-hydrogen) atoms. The summed E-state index contributed by atoms with van der Waals surface area (Å²) in [6, 6.07) is 8.33. The van der Waals surface area contributed by atoms with Crippen LogP contribution >= 0.6 is 0 Å². The predicted octanol–water partition coefficient (Wildman–Crippen LogP) is 2.31. The fraction of sp³-hybridized carbons (Fsp3) is 0.656. The Labute approximate surface area is 268 Å². The van der Waals surface area contributed by atoms with Gasteiger partial charge in [0.15, 0.2) is 0 Å². The molecule has 2 aromatic rings. The minimum absolute atomic E-state index is 0.0972. The van der Waals surface area contributed by atoms with E-state index in [9.17, 15) is 19.5 Å². The van der Waals surface area contributed by atoms with E-state index in [-0.39, 0.29) is 25.7 Å². The monoisotopic (exact) mass is 644 g/mol. The van der Waals surface area contributed by atoms with Crippen LogP contribution in [0.2, 0.25) is 0 Å². The Bertz CT molecular complexity index is 1400. The van der Waals surface area contributed by atoms with Gasteiger partial charge in [-0.1, -0.05) is 35.5 Å². The topological polar surface area (TPSA) is 161 Å². The molecule has 3 fully saturated rings. The molecule has 1 aromatic heterocycles. The van der Waals surface area contributed by atoms with Gasteiger partial charge >= 0.3 is 17.9 Å². The predicted molar refractivity (Wildman–Crippen MR) is 159 cm³/mol. The summed E-state index contributed by atoms with van der Waals surface area (Å²) >= 11 is 0. The van der Waals surface area contributed by atoms with Crippen LogP contribution < -0.4 is 0 Å². The summed E-state index contributed by atoms with van der Waals surface area (Å²) in [5.41, 5.74) is -0.311. The van der Waals surface area contributed by atoms with Crippen LogP contribution in [0.15, 0.2) is 36.5 Å². The van der Waals surface area contributed by atoms with Crippen LogP contribution in [0.4, 0.5) is 0 Å². The number of ether oxygens (including phenoxy) is 5. The summed E-state index contributed by atoms with van der Waals surface area (Å²) in [5.74, 6) is -2.47. The largest absolute Gasteiger partial charge is 0.465 e. The highest BCUT2D eigenvalue weighted by Gasteiger charge is 2.57. The van der Waals surface area contributed by atoms with E-state index in [1.54, 1.807) is 25.1 Å². The summed E-state index contributed by atoms with van der Waals surface area (Å²) < 4.78 is 31.2. The van der Waals surface area contributed by atoms with Gasteiger partial charge in [0.2, 0.25) is 0 Å². The maximum atomic E-state index is 12.5. The molecule has 0 spiro atoms. The lowest BCUT2D eigenvalue weighted by Gasteiger charge is -2.55.